The summed E-state index contributed by atoms with van der Waals surface area (Å²) >= 11 is 4.70. The smallest absolute Gasteiger partial charge is 0.265 e. The quantitative estimate of drug-likeness (QED) is 0.327. The van der Waals surface area contributed by atoms with Crippen molar-refractivity contribution in [3.63, 3.8) is 0 Å². The van der Waals surface area contributed by atoms with E-state index in [0.717, 1.165) is 31.4 Å². The second-order valence-electron chi connectivity index (χ2n) is 7.53. The van der Waals surface area contributed by atoms with Crippen molar-refractivity contribution in [2.24, 2.45) is 0 Å². The number of benzene rings is 3. The van der Waals surface area contributed by atoms with Crippen molar-refractivity contribution < 1.29 is 13.2 Å². The van der Waals surface area contributed by atoms with E-state index >= 15 is 0 Å². The molecule has 0 aliphatic carbocycles. The van der Waals surface area contributed by atoms with Crippen LogP contribution >= 0.6 is 27.3 Å². The van der Waals surface area contributed by atoms with Crippen LogP contribution in [0.2, 0.25) is 0 Å². The number of nitrogens with one attached hydrogen (secondary N) is 1. The highest BCUT2D eigenvalue weighted by Gasteiger charge is 2.22. The number of amides is 1. The Balaban J connectivity index is 1.61. The molecule has 1 amide bonds. The summed E-state index contributed by atoms with van der Waals surface area (Å²) in [7, 11) is -2.17. The van der Waals surface area contributed by atoms with E-state index in [0.29, 0.717) is 10.6 Å². The Morgan fingerprint density at radius 1 is 0.969 bits per heavy atom. The van der Waals surface area contributed by atoms with E-state index in [2.05, 4.69) is 21.2 Å². The number of thiophene rings is 1. The van der Waals surface area contributed by atoms with Crippen molar-refractivity contribution in [2.45, 2.75) is 18.7 Å². The number of carbonyl (C=O) groups is 1. The maximum absolute atomic E-state index is 13.0. The normalized spacial score (nSPS) is 11.5. The number of hydrogen-bond acceptors (Lipinski definition) is 4. The minimum atomic E-state index is -3.70. The zero-order chi connectivity index (χ0) is 23.0. The summed E-state index contributed by atoms with van der Waals surface area (Å²) < 4.78 is 29.0. The highest BCUT2D eigenvalue weighted by Crippen LogP contribution is 2.32. The lowest BCUT2D eigenvalue weighted by Crippen LogP contribution is -2.26. The minimum Gasteiger partial charge on any atom is -0.321 e. The van der Waals surface area contributed by atoms with Crippen LogP contribution in [0.15, 0.2) is 76.1 Å². The summed E-state index contributed by atoms with van der Waals surface area (Å²) in [5.41, 5.74) is 3.44. The first-order valence-electron chi connectivity index (χ1n) is 9.82. The lowest BCUT2D eigenvalue weighted by atomic mass is 10.1. The van der Waals surface area contributed by atoms with E-state index in [-0.39, 0.29) is 10.8 Å². The van der Waals surface area contributed by atoms with Crippen molar-refractivity contribution >= 4 is 64.7 Å². The van der Waals surface area contributed by atoms with Crippen LogP contribution in [0.3, 0.4) is 0 Å². The molecule has 0 bridgehead atoms. The highest BCUT2D eigenvalue weighted by molar-refractivity contribution is 9.10. The van der Waals surface area contributed by atoms with Crippen molar-refractivity contribution in [3.8, 4) is 0 Å². The SMILES string of the molecule is Cc1ccc(NC(=O)c2cc3cc(N(C)S(=O)(=O)c4ccc(Br)cc4)ccc3s2)c(C)c1. The van der Waals surface area contributed by atoms with Gasteiger partial charge in [0.15, 0.2) is 0 Å². The largest absolute Gasteiger partial charge is 0.321 e. The zero-order valence-corrected chi connectivity index (χ0v) is 20.9. The fourth-order valence-electron chi connectivity index (χ4n) is 3.38. The van der Waals surface area contributed by atoms with Crippen LogP contribution in [-0.4, -0.2) is 21.4 Å². The minimum absolute atomic E-state index is 0.185. The molecule has 0 fully saturated rings. The maximum Gasteiger partial charge on any atom is 0.265 e. The number of anilines is 2. The molecule has 1 N–H and O–H groups in total. The van der Waals surface area contributed by atoms with E-state index in [9.17, 15) is 13.2 Å². The third-order valence-electron chi connectivity index (χ3n) is 5.19. The second kappa shape index (κ2) is 8.69. The van der Waals surface area contributed by atoms with Gasteiger partial charge in [0.05, 0.1) is 15.5 Å². The molecule has 1 heterocycles. The topological polar surface area (TPSA) is 66.5 Å². The van der Waals surface area contributed by atoms with Crippen molar-refractivity contribution in [3.05, 3.63) is 87.2 Å². The summed E-state index contributed by atoms with van der Waals surface area (Å²) in [4.78, 5) is 13.6. The predicted molar refractivity (Wildman–Crippen MR) is 135 cm³/mol. The lowest BCUT2D eigenvalue weighted by molar-refractivity contribution is 0.103. The Hall–Kier alpha value is -2.68. The first-order valence-corrected chi connectivity index (χ1v) is 12.9. The van der Waals surface area contributed by atoms with Gasteiger partial charge in [0.1, 0.15) is 0 Å². The molecule has 0 unspecified atom stereocenters. The van der Waals surface area contributed by atoms with Gasteiger partial charge in [-0.2, -0.15) is 0 Å². The van der Waals surface area contributed by atoms with Gasteiger partial charge in [-0.1, -0.05) is 33.6 Å². The fourth-order valence-corrected chi connectivity index (χ4v) is 5.77. The van der Waals surface area contributed by atoms with Crippen LogP contribution in [0.1, 0.15) is 20.8 Å². The van der Waals surface area contributed by atoms with E-state index in [1.165, 1.54) is 22.7 Å². The van der Waals surface area contributed by atoms with Crippen LogP contribution < -0.4 is 9.62 Å². The standard InChI is InChI=1S/C24H21BrN2O3S2/c1-15-4-10-21(16(2)12-15)26-24(28)23-14-17-13-19(7-11-22(17)31-23)27(3)32(29,30)20-8-5-18(25)6-9-20/h4-14H,1-3H3,(H,26,28). The van der Waals surface area contributed by atoms with Gasteiger partial charge in [0.2, 0.25) is 0 Å². The number of halogens is 1. The number of sulfonamides is 1. The molecule has 0 saturated heterocycles. The van der Waals surface area contributed by atoms with Gasteiger partial charge in [0, 0.05) is 21.9 Å². The van der Waals surface area contributed by atoms with Gasteiger partial charge < -0.3 is 5.32 Å². The molecule has 4 aromatic rings. The molecule has 164 valence electrons. The number of carbonyl (C=O) groups excluding carboxylic acids is 1. The molecular weight excluding hydrogens is 508 g/mol. The van der Waals surface area contributed by atoms with Crippen molar-refractivity contribution in [2.75, 3.05) is 16.7 Å². The third kappa shape index (κ3) is 4.44. The van der Waals surface area contributed by atoms with Gasteiger partial charge in [-0.25, -0.2) is 8.42 Å². The fraction of sp³-hybridized carbons (Fsp3) is 0.125. The van der Waals surface area contributed by atoms with E-state index < -0.39 is 10.0 Å². The number of rotatable bonds is 5. The molecule has 1 aromatic heterocycles. The Morgan fingerprint density at radius 2 is 1.69 bits per heavy atom. The molecule has 0 aliphatic heterocycles. The van der Waals surface area contributed by atoms with Crippen LogP contribution in [-0.2, 0) is 10.0 Å². The van der Waals surface area contributed by atoms with Crippen LogP contribution in [0, 0.1) is 13.8 Å². The molecule has 5 nitrogen and oxygen atoms in total. The molecule has 0 radical (unpaired) electrons. The van der Waals surface area contributed by atoms with Crippen LogP contribution in [0.5, 0.6) is 0 Å². The van der Waals surface area contributed by atoms with Crippen molar-refractivity contribution in [1.29, 1.82) is 0 Å². The average molecular weight is 529 g/mol. The number of nitrogens with zero attached hydrogens (tertiary/aromatic N) is 1. The second-order valence-corrected chi connectivity index (χ2v) is 11.5. The Labute approximate surface area is 199 Å². The predicted octanol–water partition coefficient (Wildman–Crippen LogP) is 6.36. The molecule has 8 heteroatoms. The van der Waals surface area contributed by atoms with E-state index in [4.69, 9.17) is 0 Å². The van der Waals surface area contributed by atoms with Crippen molar-refractivity contribution in [1.82, 2.24) is 0 Å². The summed E-state index contributed by atoms with van der Waals surface area (Å²) in [5, 5.41) is 3.78. The molecule has 3 aromatic carbocycles. The Kier molecular flexibility index (Phi) is 6.11. The Morgan fingerprint density at radius 3 is 2.38 bits per heavy atom. The number of aryl methyl sites for hydroxylation is 2. The summed E-state index contributed by atoms with van der Waals surface area (Å²) in [5.74, 6) is -0.185. The number of fused-ring (bicyclic) bond motifs is 1. The molecule has 4 rings (SSSR count). The first-order chi connectivity index (χ1) is 15.1. The monoisotopic (exact) mass is 528 g/mol. The molecule has 0 saturated carbocycles. The van der Waals surface area contributed by atoms with Gasteiger partial charge >= 0.3 is 0 Å². The Bertz CT molecular complexity index is 1430. The van der Waals surface area contributed by atoms with Crippen LogP contribution in [0.25, 0.3) is 10.1 Å². The maximum atomic E-state index is 13.0. The molecule has 0 spiro atoms. The average Bonchev–Trinajstić information content (AvgIpc) is 3.19. The van der Waals surface area contributed by atoms with Gasteiger partial charge in [0.25, 0.3) is 15.9 Å². The summed E-state index contributed by atoms with van der Waals surface area (Å²) in [6.45, 7) is 3.97. The number of hydrogen-bond donors (Lipinski definition) is 1. The van der Waals surface area contributed by atoms with E-state index in [1.807, 2.05) is 38.1 Å². The molecule has 0 atom stereocenters. The molecule has 32 heavy (non-hydrogen) atoms. The molecule has 0 aliphatic rings. The third-order valence-corrected chi connectivity index (χ3v) is 8.63. The van der Waals surface area contributed by atoms with Gasteiger partial charge in [-0.3, -0.25) is 9.10 Å². The van der Waals surface area contributed by atoms with Crippen LogP contribution in [0.4, 0.5) is 11.4 Å². The highest BCUT2D eigenvalue weighted by atomic mass is 79.9. The first kappa shape index (κ1) is 22.5. The summed E-state index contributed by atoms with van der Waals surface area (Å²) in [6, 6.07) is 19.6. The molecular formula is C24H21BrN2O3S2. The van der Waals surface area contributed by atoms with E-state index in [1.54, 1.807) is 42.5 Å². The lowest BCUT2D eigenvalue weighted by Gasteiger charge is -2.19. The zero-order valence-electron chi connectivity index (χ0n) is 17.7. The summed E-state index contributed by atoms with van der Waals surface area (Å²) in [6.07, 6.45) is 0. The van der Waals surface area contributed by atoms with Gasteiger partial charge in [-0.05, 0) is 79.4 Å². The van der Waals surface area contributed by atoms with Gasteiger partial charge in [-0.15, -0.1) is 11.3 Å².